The molecule has 14 heavy (non-hydrogen) atoms. The van der Waals surface area contributed by atoms with Crippen LogP contribution in [0.1, 0.15) is 27.2 Å². The van der Waals surface area contributed by atoms with Gasteiger partial charge in [-0.1, -0.05) is 0 Å². The zero-order valence-corrected chi connectivity index (χ0v) is 9.79. The first-order chi connectivity index (χ1) is 6.56. The van der Waals surface area contributed by atoms with Gasteiger partial charge in [0, 0.05) is 0 Å². The second-order valence-corrected chi connectivity index (χ2v) is 4.42. The average Bonchev–Trinajstić information content (AvgIpc) is 2.08. The third-order valence-electron chi connectivity index (χ3n) is 1.67. The van der Waals surface area contributed by atoms with Gasteiger partial charge in [-0.05, 0) is 0 Å². The molecule has 0 radical (unpaired) electrons. The van der Waals surface area contributed by atoms with E-state index >= 15 is 0 Å². The minimum atomic E-state index is 0.356. The summed E-state index contributed by atoms with van der Waals surface area (Å²) in [4.78, 5) is 0. The maximum absolute atomic E-state index is 5.33. The molecule has 0 amide bonds. The molecule has 0 aliphatic carbocycles. The molecule has 0 heterocycles. The molecule has 1 nitrogen and oxygen atoms in total. The summed E-state index contributed by atoms with van der Waals surface area (Å²) in [7, 11) is 3.74. The van der Waals surface area contributed by atoms with Crippen LogP contribution in [0.25, 0.3) is 0 Å². The monoisotopic (exact) mass is 180 g/mol. The third kappa shape index (κ3) is 12.3. The summed E-state index contributed by atoms with van der Waals surface area (Å²) in [5.41, 5.74) is 0.356. The Kier molecular flexibility index (Phi) is 8.71. The van der Waals surface area contributed by atoms with Gasteiger partial charge in [0.05, 0.1) is 0 Å². The molecule has 0 N–H and O–H groups in total. The van der Waals surface area contributed by atoms with E-state index in [1.807, 2.05) is 41.2 Å². The van der Waals surface area contributed by atoms with E-state index in [1.54, 1.807) is 7.00 Å². The van der Waals surface area contributed by atoms with Crippen LogP contribution >= 0.6 is 0 Å². The van der Waals surface area contributed by atoms with Crippen LogP contribution in [-0.4, -0.2) is 54.8 Å². The standard InChI is InChI=1S/C6H15B7O/c1-6(2,3)4-5-14-13-12-11-10-9-8-7/h4-5,7H2,1-3H3. The van der Waals surface area contributed by atoms with Crippen LogP contribution in [-0.2, 0) is 4.65 Å². The fourth-order valence-corrected chi connectivity index (χ4v) is 0.773. The normalized spacial score (nSPS) is 9.93. The van der Waals surface area contributed by atoms with Gasteiger partial charge >= 0.3 is 92.1 Å². The molecule has 0 atom stereocenters. The summed E-state index contributed by atoms with van der Waals surface area (Å²) in [5.74, 6) is 0. The fraction of sp³-hybridized carbons (Fsp3) is 1.00. The van der Waals surface area contributed by atoms with E-state index in [2.05, 4.69) is 20.8 Å². The van der Waals surface area contributed by atoms with E-state index in [4.69, 9.17) is 4.65 Å². The van der Waals surface area contributed by atoms with Crippen molar-refractivity contribution >= 4 is 48.2 Å². The van der Waals surface area contributed by atoms with E-state index in [0.717, 1.165) is 13.0 Å². The average molecular weight is 179 g/mol. The summed E-state index contributed by atoms with van der Waals surface area (Å²) in [6.45, 7) is 17.2. The molecule has 0 aromatic rings. The molecular weight excluding hydrogens is 164 g/mol. The van der Waals surface area contributed by atoms with Crippen LogP contribution in [0.4, 0.5) is 0 Å². The molecule has 0 aromatic carbocycles. The fourth-order valence-electron chi connectivity index (χ4n) is 0.773. The molecule has 0 unspecified atom stereocenters. The van der Waals surface area contributed by atoms with Gasteiger partial charge in [-0.25, -0.2) is 0 Å². The van der Waals surface area contributed by atoms with Crippen molar-refractivity contribution in [2.45, 2.75) is 27.2 Å². The first kappa shape index (κ1) is 14.3. The number of hydrogen-bond donors (Lipinski definition) is 0. The van der Waals surface area contributed by atoms with Gasteiger partial charge in [0.15, 0.2) is 0 Å². The molecule has 66 valence electrons. The van der Waals surface area contributed by atoms with Crippen molar-refractivity contribution in [2.24, 2.45) is 5.41 Å². The second kappa shape index (κ2) is 8.55. The van der Waals surface area contributed by atoms with Crippen molar-refractivity contribution in [1.29, 1.82) is 0 Å². The first-order valence-corrected chi connectivity index (χ1v) is 5.12. The van der Waals surface area contributed by atoms with Crippen LogP contribution in [0.2, 0.25) is 0 Å². The van der Waals surface area contributed by atoms with Gasteiger partial charge in [0.2, 0.25) is 0 Å². The van der Waals surface area contributed by atoms with Crippen molar-refractivity contribution in [3.05, 3.63) is 0 Å². The summed E-state index contributed by atoms with van der Waals surface area (Å²) in [6.07, 6.45) is 1.08. The number of hydrogen-bond acceptors (Lipinski definition) is 1. The van der Waals surface area contributed by atoms with Crippen LogP contribution in [0.5, 0.6) is 0 Å². The van der Waals surface area contributed by atoms with Crippen molar-refractivity contribution in [1.82, 2.24) is 0 Å². The van der Waals surface area contributed by atoms with Gasteiger partial charge in [-0.3, -0.25) is 0 Å². The molecule has 0 rings (SSSR count). The zero-order valence-electron chi connectivity index (χ0n) is 9.79. The van der Waals surface area contributed by atoms with Crippen LogP contribution in [0.3, 0.4) is 0 Å². The van der Waals surface area contributed by atoms with E-state index in [-0.39, 0.29) is 0 Å². The molecule has 8 heteroatoms. The summed E-state index contributed by atoms with van der Waals surface area (Å²) < 4.78 is 5.33. The molecule has 0 bridgehead atoms. The topological polar surface area (TPSA) is 9.23 Å². The Morgan fingerprint density at radius 3 is 2.29 bits per heavy atom. The van der Waals surface area contributed by atoms with E-state index < -0.39 is 0 Å². The Labute approximate surface area is 92.5 Å². The van der Waals surface area contributed by atoms with Crippen molar-refractivity contribution < 1.29 is 4.65 Å². The van der Waals surface area contributed by atoms with E-state index in [0.29, 0.717) is 5.41 Å². The molecule has 0 aliphatic heterocycles. The predicted octanol–water partition coefficient (Wildman–Crippen LogP) is -1.30. The predicted molar refractivity (Wildman–Crippen MR) is 73.1 cm³/mol. The van der Waals surface area contributed by atoms with E-state index in [9.17, 15) is 0 Å². The van der Waals surface area contributed by atoms with Crippen LogP contribution in [0.15, 0.2) is 0 Å². The number of rotatable bonds is 5. The Morgan fingerprint density at radius 2 is 1.71 bits per heavy atom. The Hall–Kier alpha value is 0.255. The molecule has 0 fully saturated rings. The Bertz CT molecular complexity index is 217. The summed E-state index contributed by atoms with van der Waals surface area (Å²) >= 11 is 0. The van der Waals surface area contributed by atoms with Gasteiger partial charge in [-0.2, -0.15) is 0 Å². The Morgan fingerprint density at radius 1 is 1.07 bits per heavy atom. The summed E-state index contributed by atoms with van der Waals surface area (Å²) in [5, 5.41) is 0. The third-order valence-corrected chi connectivity index (χ3v) is 1.67. The summed E-state index contributed by atoms with van der Waals surface area (Å²) in [6, 6.07) is 0. The van der Waals surface area contributed by atoms with Gasteiger partial charge in [-0.15, -0.1) is 0 Å². The van der Waals surface area contributed by atoms with E-state index in [1.165, 1.54) is 0 Å². The molecule has 0 aromatic heterocycles. The maximum atomic E-state index is 5.33. The van der Waals surface area contributed by atoms with Crippen LogP contribution in [0, 0.1) is 5.41 Å². The molecule has 0 spiro atoms. The SMILES string of the molecule is BB=BB=BB=BOCCC(C)(C)C. The van der Waals surface area contributed by atoms with Crippen molar-refractivity contribution in [3.8, 4) is 0 Å². The molecule has 0 aliphatic rings. The zero-order chi connectivity index (χ0) is 10.9. The molecule has 0 saturated carbocycles. The molecular formula is C6H15B7O. The minimum absolute atomic E-state index is 0.356. The second-order valence-electron chi connectivity index (χ2n) is 4.42. The molecule has 0 saturated heterocycles. The van der Waals surface area contributed by atoms with Crippen molar-refractivity contribution in [3.63, 3.8) is 0 Å². The van der Waals surface area contributed by atoms with Crippen molar-refractivity contribution in [2.75, 3.05) is 6.61 Å². The quantitative estimate of drug-likeness (QED) is 0.376. The van der Waals surface area contributed by atoms with Gasteiger partial charge in [0.1, 0.15) is 0 Å². The van der Waals surface area contributed by atoms with Crippen LogP contribution < -0.4 is 0 Å². The van der Waals surface area contributed by atoms with Gasteiger partial charge < -0.3 is 0 Å². The first-order valence-electron chi connectivity index (χ1n) is 5.12. The Balaban J connectivity index is 3.45. The van der Waals surface area contributed by atoms with Gasteiger partial charge in [0.25, 0.3) is 0 Å².